The molecule has 0 N–H and O–H groups in total. The molecule has 0 aliphatic heterocycles. The van der Waals surface area contributed by atoms with E-state index in [1.165, 1.54) is 18.2 Å². The highest BCUT2D eigenvalue weighted by Crippen LogP contribution is 2.35. The molecule has 0 saturated heterocycles. The Labute approximate surface area is 247 Å². The van der Waals surface area contributed by atoms with Gasteiger partial charge in [-0.2, -0.15) is 13.2 Å². The van der Waals surface area contributed by atoms with Crippen molar-refractivity contribution in [2.45, 2.75) is 39.1 Å². The molecule has 0 fully saturated rings. The van der Waals surface area contributed by atoms with Crippen molar-refractivity contribution in [2.24, 2.45) is 0 Å². The van der Waals surface area contributed by atoms with Gasteiger partial charge >= 0.3 is 18.1 Å². The number of rotatable bonds is 12. The molecule has 0 unspecified atom stereocenters. The Morgan fingerprint density at radius 2 is 1.49 bits per heavy atom. The molecule has 5 nitrogen and oxygen atoms in total. The van der Waals surface area contributed by atoms with E-state index >= 15 is 0 Å². The van der Waals surface area contributed by atoms with Crippen LogP contribution in [0.3, 0.4) is 0 Å². The highest BCUT2D eigenvalue weighted by Gasteiger charge is 2.31. The van der Waals surface area contributed by atoms with Crippen LogP contribution in [0, 0.1) is 5.82 Å². The number of esters is 2. The Hall–Kier alpha value is -4.66. The summed E-state index contributed by atoms with van der Waals surface area (Å²) in [4.78, 5) is 26.4. The number of carbonyl (C=O) groups is 2. The summed E-state index contributed by atoms with van der Waals surface area (Å²) in [7, 11) is 0. The molecule has 0 heterocycles. The molecule has 9 heteroatoms. The molecule has 4 aromatic rings. The van der Waals surface area contributed by atoms with E-state index in [1.807, 2.05) is 36.4 Å². The molecule has 0 aliphatic rings. The quantitative estimate of drug-likeness (QED) is 0.124. The van der Waals surface area contributed by atoms with Crippen molar-refractivity contribution in [3.05, 3.63) is 125 Å². The van der Waals surface area contributed by atoms with Crippen molar-refractivity contribution in [3.8, 4) is 11.1 Å². The number of anilines is 1. The van der Waals surface area contributed by atoms with Gasteiger partial charge in [0.05, 0.1) is 25.0 Å². The monoisotopic (exact) mass is 593 g/mol. The Bertz CT molecular complexity index is 1520. The first-order chi connectivity index (χ1) is 20.6. The van der Waals surface area contributed by atoms with Crippen LogP contribution in [0.4, 0.5) is 23.2 Å². The normalized spacial score (nSPS) is 11.2. The van der Waals surface area contributed by atoms with Crippen LogP contribution in [0.15, 0.2) is 97.1 Å². The van der Waals surface area contributed by atoms with Gasteiger partial charge in [-0.25, -0.2) is 4.39 Å². The lowest BCUT2D eigenvalue weighted by Crippen LogP contribution is -2.26. The number of hydrogen-bond acceptors (Lipinski definition) is 5. The average Bonchev–Trinajstić information content (AvgIpc) is 2.98. The van der Waals surface area contributed by atoms with E-state index in [0.29, 0.717) is 22.4 Å². The van der Waals surface area contributed by atoms with Crippen molar-refractivity contribution >= 4 is 17.6 Å². The van der Waals surface area contributed by atoms with E-state index < -0.39 is 29.5 Å². The van der Waals surface area contributed by atoms with Crippen LogP contribution in [-0.4, -0.2) is 25.1 Å². The van der Waals surface area contributed by atoms with E-state index in [2.05, 4.69) is 0 Å². The molecule has 0 aromatic heterocycles. The number of benzene rings is 4. The third kappa shape index (κ3) is 9.16. The molecule has 0 spiro atoms. The highest BCUT2D eigenvalue weighted by atomic mass is 19.4. The van der Waals surface area contributed by atoms with Crippen LogP contribution >= 0.6 is 0 Å². The van der Waals surface area contributed by atoms with E-state index in [1.54, 1.807) is 42.2 Å². The van der Waals surface area contributed by atoms with Gasteiger partial charge in [-0.15, -0.1) is 0 Å². The number of hydrogen-bond donors (Lipinski definition) is 0. The van der Waals surface area contributed by atoms with Gasteiger partial charge in [-0.3, -0.25) is 9.59 Å². The molecule has 0 bridgehead atoms. The standard InChI is InChI=1S/C34H31F4NO4/c1-2-42-33(41)19-25-17-26(21-29(35)18-25)31-14-13-28(34(36,37)38)20-27(31)22-39(30-11-7-4-8-12-30)16-15-32(40)43-23-24-9-5-3-6-10-24/h3-14,17-18,20-21H,2,15-16,19,22-23H2,1H3. The van der Waals surface area contributed by atoms with Crippen molar-refractivity contribution < 1.29 is 36.6 Å². The van der Waals surface area contributed by atoms with Gasteiger partial charge in [0.25, 0.3) is 0 Å². The first-order valence-corrected chi connectivity index (χ1v) is 13.8. The molecule has 0 radical (unpaired) electrons. The lowest BCUT2D eigenvalue weighted by atomic mass is 9.94. The lowest BCUT2D eigenvalue weighted by molar-refractivity contribution is -0.145. The number of carbonyl (C=O) groups excluding carboxylic acids is 2. The summed E-state index contributed by atoms with van der Waals surface area (Å²) in [6.07, 6.45) is -4.81. The maximum atomic E-state index is 14.7. The van der Waals surface area contributed by atoms with Gasteiger partial charge in [-0.1, -0.05) is 60.7 Å². The predicted molar refractivity (Wildman–Crippen MR) is 156 cm³/mol. The summed E-state index contributed by atoms with van der Waals surface area (Å²) >= 11 is 0. The van der Waals surface area contributed by atoms with Crippen LogP contribution in [-0.2, 0) is 44.8 Å². The lowest BCUT2D eigenvalue weighted by Gasteiger charge is -2.26. The van der Waals surface area contributed by atoms with Crippen LogP contribution in [0.2, 0.25) is 0 Å². The minimum Gasteiger partial charge on any atom is -0.466 e. The highest BCUT2D eigenvalue weighted by molar-refractivity contribution is 5.75. The molecule has 0 aliphatic carbocycles. The maximum absolute atomic E-state index is 14.7. The fraction of sp³-hybridized carbons (Fsp3) is 0.235. The second kappa shape index (κ2) is 14.5. The zero-order valence-electron chi connectivity index (χ0n) is 23.6. The van der Waals surface area contributed by atoms with Crippen LogP contribution in [0.1, 0.15) is 35.6 Å². The molecular formula is C34H31F4NO4. The van der Waals surface area contributed by atoms with Gasteiger partial charge in [0.2, 0.25) is 0 Å². The molecule has 0 amide bonds. The number of para-hydroxylation sites is 1. The fourth-order valence-corrected chi connectivity index (χ4v) is 4.65. The smallest absolute Gasteiger partial charge is 0.416 e. The van der Waals surface area contributed by atoms with Gasteiger partial charge in [0.15, 0.2) is 0 Å². The first-order valence-electron chi connectivity index (χ1n) is 13.8. The van der Waals surface area contributed by atoms with Gasteiger partial charge in [0, 0.05) is 18.8 Å². The fourth-order valence-electron chi connectivity index (χ4n) is 4.65. The second-order valence-electron chi connectivity index (χ2n) is 9.85. The summed E-state index contributed by atoms with van der Waals surface area (Å²) in [6, 6.07) is 25.5. The minimum absolute atomic E-state index is 0.0142. The number of halogens is 4. The number of ether oxygens (including phenoxy) is 2. The van der Waals surface area contributed by atoms with Gasteiger partial charge < -0.3 is 14.4 Å². The Morgan fingerprint density at radius 3 is 2.16 bits per heavy atom. The van der Waals surface area contributed by atoms with E-state index in [4.69, 9.17) is 9.47 Å². The summed E-state index contributed by atoms with van der Waals surface area (Å²) in [5.74, 6) is -1.63. The Morgan fingerprint density at radius 1 is 0.791 bits per heavy atom. The van der Waals surface area contributed by atoms with Crippen molar-refractivity contribution in [3.63, 3.8) is 0 Å². The van der Waals surface area contributed by atoms with E-state index in [0.717, 1.165) is 17.7 Å². The van der Waals surface area contributed by atoms with Crippen LogP contribution < -0.4 is 4.90 Å². The topological polar surface area (TPSA) is 55.8 Å². The molecule has 0 atom stereocenters. The van der Waals surface area contributed by atoms with Crippen molar-refractivity contribution in [2.75, 3.05) is 18.1 Å². The van der Waals surface area contributed by atoms with Crippen LogP contribution in [0.25, 0.3) is 11.1 Å². The summed E-state index contributed by atoms with van der Waals surface area (Å²) in [5, 5.41) is 0. The Kier molecular flexibility index (Phi) is 10.5. The minimum atomic E-state index is -4.61. The van der Waals surface area contributed by atoms with E-state index in [9.17, 15) is 27.2 Å². The Balaban J connectivity index is 1.64. The summed E-state index contributed by atoms with van der Waals surface area (Å²) < 4.78 is 66.5. The van der Waals surface area contributed by atoms with Gasteiger partial charge in [0.1, 0.15) is 12.4 Å². The van der Waals surface area contributed by atoms with E-state index in [-0.39, 0.29) is 44.7 Å². The predicted octanol–water partition coefficient (Wildman–Crippen LogP) is 7.76. The summed E-state index contributed by atoms with van der Waals surface area (Å²) in [5.41, 5.74) is 1.95. The van der Waals surface area contributed by atoms with Gasteiger partial charge in [-0.05, 0) is 71.1 Å². The zero-order valence-corrected chi connectivity index (χ0v) is 23.6. The van der Waals surface area contributed by atoms with Crippen molar-refractivity contribution in [1.29, 1.82) is 0 Å². The molecular weight excluding hydrogens is 562 g/mol. The third-order valence-corrected chi connectivity index (χ3v) is 6.67. The zero-order chi connectivity index (χ0) is 30.8. The SMILES string of the molecule is CCOC(=O)Cc1cc(F)cc(-c2ccc(C(F)(F)F)cc2CN(CCC(=O)OCc2ccccc2)c2ccccc2)c1. The summed E-state index contributed by atoms with van der Waals surface area (Å²) in [6.45, 7) is 2.07. The molecule has 4 aromatic carbocycles. The second-order valence-corrected chi connectivity index (χ2v) is 9.85. The molecule has 4 rings (SSSR count). The maximum Gasteiger partial charge on any atom is 0.416 e. The first kappa shape index (κ1) is 31.3. The third-order valence-electron chi connectivity index (χ3n) is 6.67. The largest absolute Gasteiger partial charge is 0.466 e. The molecule has 0 saturated carbocycles. The molecule has 43 heavy (non-hydrogen) atoms. The van der Waals surface area contributed by atoms with Crippen molar-refractivity contribution in [1.82, 2.24) is 0 Å². The average molecular weight is 594 g/mol. The molecule has 224 valence electrons. The number of alkyl halides is 3. The van der Waals surface area contributed by atoms with Crippen LogP contribution in [0.5, 0.6) is 0 Å². The number of nitrogens with zero attached hydrogens (tertiary/aromatic N) is 1.